The average Bonchev–Trinajstić information content (AvgIpc) is 2.98. The molecule has 2 aromatic rings. The lowest BCUT2D eigenvalue weighted by atomic mass is 10.0. The molecular formula is C16H18FN3O2. The predicted molar refractivity (Wildman–Crippen MR) is 79.1 cm³/mol. The molecule has 116 valence electrons. The third-order valence-corrected chi connectivity index (χ3v) is 4.05. The van der Waals surface area contributed by atoms with Crippen LogP contribution in [0.3, 0.4) is 0 Å². The Kier molecular flexibility index (Phi) is 4.20. The van der Waals surface area contributed by atoms with E-state index in [1.165, 1.54) is 12.1 Å². The summed E-state index contributed by atoms with van der Waals surface area (Å²) in [6.07, 6.45) is 3.56. The standard InChI is InChI=1S/C16H18FN3O2/c17-13-3-1-2-12(10-13)11-19-7-4-14(5-8-19)20-9-6-15(18-20)16(21)22/h1-3,6,9-10,14H,4-5,7-8,11H2,(H,21,22). The van der Waals surface area contributed by atoms with E-state index in [4.69, 9.17) is 5.11 Å². The Balaban J connectivity index is 1.56. The highest BCUT2D eigenvalue weighted by atomic mass is 19.1. The number of piperidine rings is 1. The minimum absolute atomic E-state index is 0.0854. The highest BCUT2D eigenvalue weighted by Crippen LogP contribution is 2.23. The van der Waals surface area contributed by atoms with Crippen molar-refractivity contribution >= 4 is 5.97 Å². The van der Waals surface area contributed by atoms with Gasteiger partial charge in [0.25, 0.3) is 0 Å². The molecule has 0 bridgehead atoms. The molecule has 2 heterocycles. The van der Waals surface area contributed by atoms with Crippen LogP contribution in [0.4, 0.5) is 4.39 Å². The molecule has 0 spiro atoms. The topological polar surface area (TPSA) is 58.4 Å². The maximum absolute atomic E-state index is 13.2. The van der Waals surface area contributed by atoms with Crippen LogP contribution in [0.15, 0.2) is 36.5 Å². The van der Waals surface area contributed by atoms with Crippen molar-refractivity contribution in [3.63, 3.8) is 0 Å². The first-order valence-corrected chi connectivity index (χ1v) is 7.37. The summed E-state index contributed by atoms with van der Waals surface area (Å²) < 4.78 is 14.9. The number of carbonyl (C=O) groups is 1. The van der Waals surface area contributed by atoms with Crippen LogP contribution < -0.4 is 0 Å². The fourth-order valence-electron chi connectivity index (χ4n) is 2.89. The SMILES string of the molecule is O=C(O)c1ccn(C2CCN(Cc3cccc(F)c3)CC2)n1. The fraction of sp³-hybridized carbons (Fsp3) is 0.375. The van der Waals surface area contributed by atoms with Gasteiger partial charge in [-0.05, 0) is 36.6 Å². The van der Waals surface area contributed by atoms with Gasteiger partial charge in [0.05, 0.1) is 6.04 Å². The third kappa shape index (κ3) is 3.33. The molecule has 5 nitrogen and oxygen atoms in total. The van der Waals surface area contributed by atoms with Crippen LogP contribution in [0.1, 0.15) is 34.9 Å². The Morgan fingerprint density at radius 1 is 1.32 bits per heavy atom. The molecule has 0 atom stereocenters. The van der Waals surface area contributed by atoms with Crippen LogP contribution >= 0.6 is 0 Å². The van der Waals surface area contributed by atoms with Gasteiger partial charge in [0.15, 0.2) is 5.69 Å². The van der Waals surface area contributed by atoms with Gasteiger partial charge in [0, 0.05) is 25.8 Å². The Labute approximate surface area is 128 Å². The number of rotatable bonds is 4. The lowest BCUT2D eigenvalue weighted by Gasteiger charge is -2.32. The summed E-state index contributed by atoms with van der Waals surface area (Å²) in [5, 5.41) is 13.0. The van der Waals surface area contributed by atoms with Gasteiger partial charge >= 0.3 is 5.97 Å². The van der Waals surface area contributed by atoms with E-state index in [2.05, 4.69) is 10.00 Å². The van der Waals surface area contributed by atoms with Crippen molar-refractivity contribution < 1.29 is 14.3 Å². The normalized spacial score (nSPS) is 16.8. The molecule has 6 heteroatoms. The summed E-state index contributed by atoms with van der Waals surface area (Å²) in [6, 6.07) is 8.45. The van der Waals surface area contributed by atoms with Crippen LogP contribution in [0.2, 0.25) is 0 Å². The number of nitrogens with zero attached hydrogens (tertiary/aromatic N) is 3. The molecular weight excluding hydrogens is 285 g/mol. The van der Waals surface area contributed by atoms with Gasteiger partial charge in [-0.2, -0.15) is 5.10 Å². The number of aromatic carboxylic acids is 1. The van der Waals surface area contributed by atoms with Gasteiger partial charge in [-0.1, -0.05) is 12.1 Å². The number of hydrogen-bond donors (Lipinski definition) is 1. The molecule has 1 saturated heterocycles. The second kappa shape index (κ2) is 6.27. The molecule has 22 heavy (non-hydrogen) atoms. The number of carboxylic acids is 1. The monoisotopic (exact) mass is 303 g/mol. The molecule has 0 radical (unpaired) electrons. The highest BCUT2D eigenvalue weighted by molar-refractivity contribution is 5.85. The van der Waals surface area contributed by atoms with Crippen LogP contribution in [0.25, 0.3) is 0 Å². The first-order chi connectivity index (χ1) is 10.6. The van der Waals surface area contributed by atoms with Crippen LogP contribution in [0, 0.1) is 5.82 Å². The molecule has 3 rings (SSSR count). The van der Waals surface area contributed by atoms with E-state index in [1.54, 1.807) is 23.0 Å². The van der Waals surface area contributed by atoms with E-state index < -0.39 is 5.97 Å². The number of hydrogen-bond acceptors (Lipinski definition) is 3. The summed E-state index contributed by atoms with van der Waals surface area (Å²) in [5.74, 6) is -1.20. The molecule has 0 aliphatic carbocycles. The van der Waals surface area contributed by atoms with E-state index in [1.807, 2.05) is 6.07 Å². The van der Waals surface area contributed by atoms with Gasteiger partial charge in [0.1, 0.15) is 5.82 Å². The maximum atomic E-state index is 13.2. The summed E-state index contributed by atoms with van der Waals surface area (Å²) in [6.45, 7) is 2.52. The fourth-order valence-corrected chi connectivity index (χ4v) is 2.89. The summed E-state index contributed by atoms with van der Waals surface area (Å²) in [4.78, 5) is 13.1. The number of aromatic nitrogens is 2. The largest absolute Gasteiger partial charge is 0.476 e. The summed E-state index contributed by atoms with van der Waals surface area (Å²) in [7, 11) is 0. The minimum atomic E-state index is -0.998. The van der Waals surface area contributed by atoms with Crippen molar-refractivity contribution in [2.24, 2.45) is 0 Å². The summed E-state index contributed by atoms with van der Waals surface area (Å²) >= 11 is 0. The van der Waals surface area contributed by atoms with Crippen molar-refractivity contribution in [2.75, 3.05) is 13.1 Å². The van der Waals surface area contributed by atoms with E-state index in [-0.39, 0.29) is 17.6 Å². The average molecular weight is 303 g/mol. The quantitative estimate of drug-likeness (QED) is 0.943. The van der Waals surface area contributed by atoms with Gasteiger partial charge < -0.3 is 5.11 Å². The van der Waals surface area contributed by atoms with Crippen LogP contribution in [0.5, 0.6) is 0 Å². The van der Waals surface area contributed by atoms with Crippen molar-refractivity contribution in [1.29, 1.82) is 0 Å². The molecule has 0 saturated carbocycles. The van der Waals surface area contributed by atoms with Crippen molar-refractivity contribution in [3.05, 3.63) is 53.6 Å². The zero-order chi connectivity index (χ0) is 15.5. The van der Waals surface area contributed by atoms with Crippen molar-refractivity contribution in [3.8, 4) is 0 Å². The van der Waals surface area contributed by atoms with Gasteiger partial charge in [-0.15, -0.1) is 0 Å². The molecule has 0 amide bonds. The second-order valence-electron chi connectivity index (χ2n) is 5.62. The van der Waals surface area contributed by atoms with Crippen LogP contribution in [-0.2, 0) is 6.54 Å². The van der Waals surface area contributed by atoms with Crippen molar-refractivity contribution in [1.82, 2.24) is 14.7 Å². The molecule has 1 aromatic heterocycles. The highest BCUT2D eigenvalue weighted by Gasteiger charge is 2.22. The molecule has 1 aromatic carbocycles. The van der Waals surface area contributed by atoms with E-state index in [9.17, 15) is 9.18 Å². The molecule has 0 unspecified atom stereocenters. The molecule has 1 N–H and O–H groups in total. The molecule has 1 aliphatic rings. The Morgan fingerprint density at radius 2 is 2.09 bits per heavy atom. The first-order valence-electron chi connectivity index (χ1n) is 7.37. The lowest BCUT2D eigenvalue weighted by Crippen LogP contribution is -2.34. The first kappa shape index (κ1) is 14.7. The Bertz CT molecular complexity index is 663. The van der Waals surface area contributed by atoms with Crippen LogP contribution in [-0.4, -0.2) is 38.8 Å². The summed E-state index contributed by atoms with van der Waals surface area (Å²) in [5.41, 5.74) is 1.06. The third-order valence-electron chi connectivity index (χ3n) is 4.05. The Hall–Kier alpha value is -2.21. The molecule has 1 aliphatic heterocycles. The number of halogens is 1. The molecule has 1 fully saturated rings. The van der Waals surface area contributed by atoms with Gasteiger partial charge in [-0.25, -0.2) is 9.18 Å². The minimum Gasteiger partial charge on any atom is -0.476 e. The number of likely N-dealkylation sites (tertiary alicyclic amines) is 1. The zero-order valence-corrected chi connectivity index (χ0v) is 12.2. The Morgan fingerprint density at radius 3 is 2.73 bits per heavy atom. The number of carboxylic acid groups (broad SMARTS) is 1. The van der Waals surface area contributed by atoms with Gasteiger partial charge in [0.2, 0.25) is 0 Å². The van der Waals surface area contributed by atoms with E-state index >= 15 is 0 Å². The van der Waals surface area contributed by atoms with Gasteiger partial charge in [-0.3, -0.25) is 9.58 Å². The smallest absolute Gasteiger partial charge is 0.356 e. The number of benzene rings is 1. The lowest BCUT2D eigenvalue weighted by molar-refractivity contribution is 0.0688. The van der Waals surface area contributed by atoms with E-state index in [0.29, 0.717) is 0 Å². The maximum Gasteiger partial charge on any atom is 0.356 e. The zero-order valence-electron chi connectivity index (χ0n) is 12.2. The predicted octanol–water partition coefficient (Wildman–Crippen LogP) is 2.56. The van der Waals surface area contributed by atoms with E-state index in [0.717, 1.165) is 38.0 Å². The van der Waals surface area contributed by atoms with Crippen molar-refractivity contribution in [2.45, 2.75) is 25.4 Å². The second-order valence-corrected chi connectivity index (χ2v) is 5.62.